The Kier molecular flexibility index (Phi) is 3.67. The van der Waals surface area contributed by atoms with Gasteiger partial charge in [-0.05, 0) is 37.1 Å². The molecule has 3 aromatic rings. The van der Waals surface area contributed by atoms with Crippen molar-refractivity contribution < 1.29 is 9.90 Å². The SMILES string of the molecule is Cc1cccc(C(CC(=O)O)c2cnc3cc(C)ccn23)c1. The molecule has 1 atom stereocenters. The monoisotopic (exact) mass is 294 g/mol. The number of hydrogen-bond acceptors (Lipinski definition) is 2. The van der Waals surface area contributed by atoms with Crippen LogP contribution in [0.1, 0.15) is 34.7 Å². The van der Waals surface area contributed by atoms with E-state index in [9.17, 15) is 9.90 Å². The van der Waals surface area contributed by atoms with Crippen LogP contribution in [-0.2, 0) is 4.79 Å². The van der Waals surface area contributed by atoms with Crippen LogP contribution in [0, 0.1) is 13.8 Å². The number of pyridine rings is 1. The van der Waals surface area contributed by atoms with Crippen LogP contribution >= 0.6 is 0 Å². The molecular weight excluding hydrogens is 276 g/mol. The van der Waals surface area contributed by atoms with Gasteiger partial charge in [-0.25, -0.2) is 4.98 Å². The van der Waals surface area contributed by atoms with Gasteiger partial charge >= 0.3 is 5.97 Å². The molecule has 0 saturated carbocycles. The van der Waals surface area contributed by atoms with Gasteiger partial charge in [0, 0.05) is 18.3 Å². The first kappa shape index (κ1) is 14.3. The minimum absolute atomic E-state index is 0.0467. The number of imidazole rings is 1. The van der Waals surface area contributed by atoms with Crippen LogP contribution in [0.25, 0.3) is 5.65 Å². The Morgan fingerprint density at radius 1 is 1.23 bits per heavy atom. The maximum Gasteiger partial charge on any atom is 0.304 e. The van der Waals surface area contributed by atoms with E-state index in [0.717, 1.165) is 28.0 Å². The Hall–Kier alpha value is -2.62. The molecule has 1 aromatic carbocycles. The lowest BCUT2D eigenvalue weighted by Gasteiger charge is -2.16. The van der Waals surface area contributed by atoms with E-state index in [2.05, 4.69) is 4.98 Å². The Bertz CT molecular complexity index is 836. The van der Waals surface area contributed by atoms with Crippen molar-refractivity contribution in [2.45, 2.75) is 26.2 Å². The van der Waals surface area contributed by atoms with E-state index in [1.54, 1.807) is 6.20 Å². The average Bonchev–Trinajstić information content (AvgIpc) is 2.87. The number of carboxylic acids is 1. The highest BCUT2D eigenvalue weighted by atomic mass is 16.4. The van der Waals surface area contributed by atoms with Crippen molar-refractivity contribution in [3.05, 3.63) is 71.2 Å². The van der Waals surface area contributed by atoms with E-state index < -0.39 is 5.97 Å². The second-order valence-electron chi connectivity index (χ2n) is 5.68. The Labute approximate surface area is 129 Å². The van der Waals surface area contributed by atoms with Crippen LogP contribution in [-0.4, -0.2) is 20.5 Å². The zero-order valence-corrected chi connectivity index (χ0v) is 12.7. The van der Waals surface area contributed by atoms with Crippen molar-refractivity contribution in [2.75, 3.05) is 0 Å². The second-order valence-corrected chi connectivity index (χ2v) is 5.68. The van der Waals surface area contributed by atoms with Crippen LogP contribution in [0.2, 0.25) is 0 Å². The first-order chi connectivity index (χ1) is 10.5. The van der Waals surface area contributed by atoms with Crippen molar-refractivity contribution in [2.24, 2.45) is 0 Å². The van der Waals surface area contributed by atoms with Gasteiger partial charge in [0.1, 0.15) is 5.65 Å². The van der Waals surface area contributed by atoms with Crippen LogP contribution < -0.4 is 0 Å². The van der Waals surface area contributed by atoms with Gasteiger partial charge in [-0.3, -0.25) is 4.79 Å². The summed E-state index contributed by atoms with van der Waals surface area (Å²) >= 11 is 0. The molecule has 0 saturated heterocycles. The van der Waals surface area contributed by atoms with Gasteiger partial charge in [0.05, 0.1) is 12.1 Å². The highest BCUT2D eigenvalue weighted by Gasteiger charge is 2.21. The number of carbonyl (C=O) groups is 1. The smallest absolute Gasteiger partial charge is 0.304 e. The predicted octanol–water partition coefficient (Wildman–Crippen LogP) is 3.56. The molecule has 0 aliphatic carbocycles. The first-order valence-electron chi connectivity index (χ1n) is 7.26. The summed E-state index contributed by atoms with van der Waals surface area (Å²) in [5, 5.41) is 9.30. The standard InChI is InChI=1S/C18H18N2O2/c1-12-4-3-5-14(8-12)15(10-18(21)22)16-11-19-17-9-13(2)6-7-20(16)17/h3-9,11,15H,10H2,1-2H3,(H,21,22). The molecular formula is C18H18N2O2. The average molecular weight is 294 g/mol. The third kappa shape index (κ3) is 2.72. The molecule has 2 aromatic heterocycles. The first-order valence-corrected chi connectivity index (χ1v) is 7.26. The minimum Gasteiger partial charge on any atom is -0.481 e. The Morgan fingerprint density at radius 2 is 2.00 bits per heavy atom. The minimum atomic E-state index is -0.812. The number of fused-ring (bicyclic) bond motifs is 1. The number of carboxylic acid groups (broad SMARTS) is 1. The molecule has 4 nitrogen and oxygen atoms in total. The van der Waals surface area contributed by atoms with Gasteiger partial charge in [-0.2, -0.15) is 0 Å². The summed E-state index contributed by atoms with van der Waals surface area (Å²) in [6.45, 7) is 4.03. The summed E-state index contributed by atoms with van der Waals surface area (Å²) in [6, 6.07) is 12.0. The maximum atomic E-state index is 11.3. The molecule has 112 valence electrons. The molecule has 3 rings (SSSR count). The van der Waals surface area contributed by atoms with E-state index in [1.807, 2.05) is 60.8 Å². The number of hydrogen-bond donors (Lipinski definition) is 1. The molecule has 1 N–H and O–H groups in total. The number of benzene rings is 1. The quantitative estimate of drug-likeness (QED) is 0.800. The Morgan fingerprint density at radius 3 is 2.73 bits per heavy atom. The summed E-state index contributed by atoms with van der Waals surface area (Å²) in [6.07, 6.45) is 3.79. The summed E-state index contributed by atoms with van der Waals surface area (Å²) < 4.78 is 1.98. The number of aryl methyl sites for hydroxylation is 2. The van der Waals surface area contributed by atoms with Crippen molar-refractivity contribution in [1.82, 2.24) is 9.38 Å². The maximum absolute atomic E-state index is 11.3. The van der Waals surface area contributed by atoms with Gasteiger partial charge in [-0.15, -0.1) is 0 Å². The van der Waals surface area contributed by atoms with Gasteiger partial charge in [0.2, 0.25) is 0 Å². The largest absolute Gasteiger partial charge is 0.481 e. The zero-order chi connectivity index (χ0) is 15.7. The summed E-state index contributed by atoms with van der Waals surface area (Å²) in [7, 11) is 0. The topological polar surface area (TPSA) is 54.6 Å². The number of aliphatic carboxylic acids is 1. The highest BCUT2D eigenvalue weighted by molar-refractivity contribution is 5.69. The van der Waals surface area contributed by atoms with Crippen LogP contribution in [0.3, 0.4) is 0 Å². The fourth-order valence-electron chi connectivity index (χ4n) is 2.81. The normalized spacial score (nSPS) is 12.5. The molecule has 0 amide bonds. The lowest BCUT2D eigenvalue weighted by atomic mass is 9.92. The molecule has 0 fully saturated rings. The van der Waals surface area contributed by atoms with Crippen molar-refractivity contribution in [1.29, 1.82) is 0 Å². The lowest BCUT2D eigenvalue weighted by molar-refractivity contribution is -0.137. The van der Waals surface area contributed by atoms with E-state index in [4.69, 9.17) is 0 Å². The van der Waals surface area contributed by atoms with E-state index >= 15 is 0 Å². The predicted molar refractivity (Wildman–Crippen MR) is 85.2 cm³/mol. The Balaban J connectivity index is 2.14. The van der Waals surface area contributed by atoms with Gasteiger partial charge in [-0.1, -0.05) is 29.8 Å². The lowest BCUT2D eigenvalue weighted by Crippen LogP contribution is -2.10. The molecule has 1 unspecified atom stereocenters. The van der Waals surface area contributed by atoms with E-state index in [0.29, 0.717) is 0 Å². The van der Waals surface area contributed by atoms with Crippen LogP contribution in [0.5, 0.6) is 0 Å². The van der Waals surface area contributed by atoms with Crippen molar-refractivity contribution in [3.8, 4) is 0 Å². The fourth-order valence-corrected chi connectivity index (χ4v) is 2.81. The summed E-state index contributed by atoms with van der Waals surface area (Å²) in [5.41, 5.74) is 5.01. The molecule has 2 heterocycles. The van der Waals surface area contributed by atoms with Crippen molar-refractivity contribution >= 4 is 11.6 Å². The summed E-state index contributed by atoms with van der Waals surface area (Å²) in [5.74, 6) is -1.02. The third-order valence-electron chi connectivity index (χ3n) is 3.88. The molecule has 0 radical (unpaired) electrons. The highest BCUT2D eigenvalue weighted by Crippen LogP contribution is 2.29. The van der Waals surface area contributed by atoms with E-state index in [1.165, 1.54) is 0 Å². The molecule has 4 heteroatoms. The number of rotatable bonds is 4. The van der Waals surface area contributed by atoms with E-state index in [-0.39, 0.29) is 12.3 Å². The molecule has 0 spiro atoms. The second kappa shape index (κ2) is 5.64. The molecule has 0 aliphatic heterocycles. The van der Waals surface area contributed by atoms with Crippen molar-refractivity contribution in [3.63, 3.8) is 0 Å². The number of aromatic nitrogens is 2. The molecule has 0 bridgehead atoms. The van der Waals surface area contributed by atoms with Gasteiger partial charge < -0.3 is 9.51 Å². The van der Waals surface area contributed by atoms with Crippen LogP contribution in [0.15, 0.2) is 48.8 Å². The molecule has 22 heavy (non-hydrogen) atoms. The third-order valence-corrected chi connectivity index (χ3v) is 3.88. The summed E-state index contributed by atoms with van der Waals surface area (Å²) in [4.78, 5) is 15.7. The number of nitrogens with zero attached hydrogens (tertiary/aromatic N) is 2. The van der Waals surface area contributed by atoms with Gasteiger partial charge in [0.25, 0.3) is 0 Å². The molecule has 0 aliphatic rings. The van der Waals surface area contributed by atoms with Crippen LogP contribution in [0.4, 0.5) is 0 Å². The fraction of sp³-hybridized carbons (Fsp3) is 0.222. The zero-order valence-electron chi connectivity index (χ0n) is 12.7. The van der Waals surface area contributed by atoms with Gasteiger partial charge in [0.15, 0.2) is 0 Å².